The SMILES string of the molecule is CC(C)Cc1cnc(-c2ccc(F)c(F)c2)cn1. The van der Waals surface area contributed by atoms with Crippen LogP contribution >= 0.6 is 0 Å². The Kier molecular flexibility index (Phi) is 3.65. The lowest BCUT2D eigenvalue weighted by Crippen LogP contribution is -1.98. The molecule has 1 aromatic carbocycles. The summed E-state index contributed by atoms with van der Waals surface area (Å²) in [6, 6.07) is 3.71. The van der Waals surface area contributed by atoms with Gasteiger partial charge in [0.1, 0.15) is 0 Å². The first-order valence-corrected chi connectivity index (χ1v) is 5.82. The molecule has 0 spiro atoms. The molecule has 0 aliphatic heterocycles. The molecular formula is C14H14F2N2. The molecule has 2 aromatic rings. The maximum Gasteiger partial charge on any atom is 0.159 e. The van der Waals surface area contributed by atoms with Crippen LogP contribution in [0.1, 0.15) is 19.5 Å². The van der Waals surface area contributed by atoms with Crippen LogP contribution in [0.4, 0.5) is 8.78 Å². The Bertz CT molecular complexity index is 536. The molecule has 0 saturated carbocycles. The van der Waals surface area contributed by atoms with E-state index in [4.69, 9.17) is 0 Å². The molecule has 0 bridgehead atoms. The molecule has 4 heteroatoms. The second-order valence-electron chi connectivity index (χ2n) is 4.62. The van der Waals surface area contributed by atoms with Crippen LogP contribution in [0.25, 0.3) is 11.3 Å². The number of halogens is 2. The highest BCUT2D eigenvalue weighted by Crippen LogP contribution is 2.19. The highest BCUT2D eigenvalue weighted by molar-refractivity contribution is 5.57. The van der Waals surface area contributed by atoms with Gasteiger partial charge in [0.05, 0.1) is 17.6 Å². The van der Waals surface area contributed by atoms with Crippen molar-refractivity contribution in [2.75, 3.05) is 0 Å². The van der Waals surface area contributed by atoms with Gasteiger partial charge >= 0.3 is 0 Å². The third-order valence-corrected chi connectivity index (χ3v) is 2.54. The Labute approximate surface area is 105 Å². The lowest BCUT2D eigenvalue weighted by Gasteiger charge is -2.05. The summed E-state index contributed by atoms with van der Waals surface area (Å²) in [5, 5.41) is 0. The molecule has 1 aromatic heterocycles. The smallest absolute Gasteiger partial charge is 0.159 e. The van der Waals surface area contributed by atoms with Crippen LogP contribution in [0, 0.1) is 17.6 Å². The second kappa shape index (κ2) is 5.21. The summed E-state index contributed by atoms with van der Waals surface area (Å²) in [7, 11) is 0. The van der Waals surface area contributed by atoms with Gasteiger partial charge in [-0.2, -0.15) is 0 Å². The number of benzene rings is 1. The van der Waals surface area contributed by atoms with Crippen LogP contribution in [-0.2, 0) is 6.42 Å². The van der Waals surface area contributed by atoms with E-state index >= 15 is 0 Å². The average Bonchev–Trinajstić information content (AvgIpc) is 2.33. The maximum absolute atomic E-state index is 13.1. The van der Waals surface area contributed by atoms with Crippen LogP contribution in [-0.4, -0.2) is 9.97 Å². The zero-order valence-corrected chi connectivity index (χ0v) is 10.3. The molecule has 0 amide bonds. The average molecular weight is 248 g/mol. The van der Waals surface area contributed by atoms with Crippen molar-refractivity contribution in [2.24, 2.45) is 5.92 Å². The first-order valence-electron chi connectivity index (χ1n) is 5.82. The van der Waals surface area contributed by atoms with Crippen molar-refractivity contribution >= 4 is 0 Å². The quantitative estimate of drug-likeness (QED) is 0.829. The first kappa shape index (κ1) is 12.6. The Hall–Kier alpha value is -1.84. The molecule has 0 N–H and O–H groups in total. The van der Waals surface area contributed by atoms with Gasteiger partial charge in [0.2, 0.25) is 0 Å². The van der Waals surface area contributed by atoms with Crippen molar-refractivity contribution < 1.29 is 8.78 Å². The Morgan fingerprint density at radius 2 is 1.83 bits per heavy atom. The molecule has 1 heterocycles. The van der Waals surface area contributed by atoms with E-state index in [-0.39, 0.29) is 0 Å². The lowest BCUT2D eigenvalue weighted by molar-refractivity contribution is 0.509. The fourth-order valence-corrected chi connectivity index (χ4v) is 1.68. The summed E-state index contributed by atoms with van der Waals surface area (Å²) < 4.78 is 25.9. The summed E-state index contributed by atoms with van der Waals surface area (Å²) in [6.45, 7) is 4.20. The van der Waals surface area contributed by atoms with Crippen LogP contribution in [0.15, 0.2) is 30.6 Å². The third kappa shape index (κ3) is 2.88. The van der Waals surface area contributed by atoms with E-state index in [0.717, 1.165) is 24.2 Å². The van der Waals surface area contributed by atoms with E-state index in [1.165, 1.54) is 6.07 Å². The minimum Gasteiger partial charge on any atom is -0.257 e. The molecule has 0 fully saturated rings. The van der Waals surface area contributed by atoms with Crippen molar-refractivity contribution in [1.29, 1.82) is 0 Å². The summed E-state index contributed by atoms with van der Waals surface area (Å²) in [4.78, 5) is 8.49. The molecule has 2 rings (SSSR count). The Morgan fingerprint density at radius 3 is 2.39 bits per heavy atom. The van der Waals surface area contributed by atoms with Crippen LogP contribution in [0.5, 0.6) is 0 Å². The fourth-order valence-electron chi connectivity index (χ4n) is 1.68. The number of hydrogen-bond donors (Lipinski definition) is 0. The molecule has 0 aliphatic carbocycles. The number of hydrogen-bond acceptors (Lipinski definition) is 2. The van der Waals surface area contributed by atoms with Crippen molar-refractivity contribution in [3.63, 3.8) is 0 Å². The molecule has 0 saturated heterocycles. The van der Waals surface area contributed by atoms with Gasteiger partial charge in [-0.1, -0.05) is 13.8 Å². The minimum atomic E-state index is -0.874. The largest absolute Gasteiger partial charge is 0.257 e. The molecule has 94 valence electrons. The molecule has 0 atom stereocenters. The zero-order chi connectivity index (χ0) is 13.1. The highest BCUT2D eigenvalue weighted by atomic mass is 19.2. The highest BCUT2D eigenvalue weighted by Gasteiger charge is 2.06. The molecule has 18 heavy (non-hydrogen) atoms. The summed E-state index contributed by atoms with van der Waals surface area (Å²) in [5.74, 6) is -1.22. The summed E-state index contributed by atoms with van der Waals surface area (Å²) >= 11 is 0. The number of rotatable bonds is 3. The Morgan fingerprint density at radius 1 is 1.06 bits per heavy atom. The van der Waals surface area contributed by atoms with Crippen LogP contribution in [0.3, 0.4) is 0 Å². The zero-order valence-electron chi connectivity index (χ0n) is 10.3. The van der Waals surface area contributed by atoms with E-state index in [0.29, 0.717) is 17.2 Å². The van der Waals surface area contributed by atoms with Crippen LogP contribution < -0.4 is 0 Å². The standard InChI is InChI=1S/C14H14F2N2/c1-9(2)5-11-7-18-14(8-17-11)10-3-4-12(15)13(16)6-10/h3-4,6-9H,5H2,1-2H3. The third-order valence-electron chi connectivity index (χ3n) is 2.54. The van der Waals surface area contributed by atoms with Crippen molar-refractivity contribution in [2.45, 2.75) is 20.3 Å². The Balaban J connectivity index is 2.25. The van der Waals surface area contributed by atoms with E-state index in [1.54, 1.807) is 12.4 Å². The summed E-state index contributed by atoms with van der Waals surface area (Å²) in [5.41, 5.74) is 1.97. The molecule has 2 nitrogen and oxygen atoms in total. The van der Waals surface area contributed by atoms with E-state index in [2.05, 4.69) is 23.8 Å². The van der Waals surface area contributed by atoms with Gasteiger partial charge < -0.3 is 0 Å². The molecule has 0 aliphatic rings. The van der Waals surface area contributed by atoms with Crippen molar-refractivity contribution in [3.05, 3.63) is 47.9 Å². The van der Waals surface area contributed by atoms with Crippen molar-refractivity contribution in [1.82, 2.24) is 9.97 Å². The monoisotopic (exact) mass is 248 g/mol. The molecule has 0 unspecified atom stereocenters. The fraction of sp³-hybridized carbons (Fsp3) is 0.286. The number of aromatic nitrogens is 2. The van der Waals surface area contributed by atoms with Gasteiger partial charge in [-0.3, -0.25) is 9.97 Å². The van der Waals surface area contributed by atoms with E-state index in [1.807, 2.05) is 0 Å². The molecular weight excluding hydrogens is 234 g/mol. The lowest BCUT2D eigenvalue weighted by atomic mass is 10.1. The first-order chi connectivity index (χ1) is 8.56. The maximum atomic E-state index is 13.1. The van der Waals surface area contributed by atoms with Gasteiger partial charge in [-0.15, -0.1) is 0 Å². The summed E-state index contributed by atoms with van der Waals surface area (Å²) in [6.07, 6.45) is 4.12. The van der Waals surface area contributed by atoms with Gasteiger partial charge in [0.25, 0.3) is 0 Å². The van der Waals surface area contributed by atoms with Crippen molar-refractivity contribution in [3.8, 4) is 11.3 Å². The normalized spacial score (nSPS) is 10.9. The predicted molar refractivity (Wildman–Crippen MR) is 65.9 cm³/mol. The van der Waals surface area contributed by atoms with Gasteiger partial charge in [0.15, 0.2) is 11.6 Å². The minimum absolute atomic E-state index is 0.508. The van der Waals surface area contributed by atoms with E-state index in [9.17, 15) is 8.78 Å². The van der Waals surface area contributed by atoms with Crippen LogP contribution in [0.2, 0.25) is 0 Å². The van der Waals surface area contributed by atoms with Gasteiger partial charge in [-0.25, -0.2) is 8.78 Å². The predicted octanol–water partition coefficient (Wildman–Crippen LogP) is 3.62. The van der Waals surface area contributed by atoms with E-state index < -0.39 is 11.6 Å². The van der Waals surface area contributed by atoms with Gasteiger partial charge in [0, 0.05) is 11.8 Å². The molecule has 0 radical (unpaired) electrons. The topological polar surface area (TPSA) is 25.8 Å². The number of nitrogens with zero attached hydrogens (tertiary/aromatic N) is 2. The second-order valence-corrected chi connectivity index (χ2v) is 4.62. The van der Waals surface area contributed by atoms with Gasteiger partial charge in [-0.05, 0) is 30.5 Å².